The van der Waals surface area contributed by atoms with Gasteiger partial charge in [-0.1, -0.05) is 36.9 Å². The van der Waals surface area contributed by atoms with Crippen LogP contribution in [0.5, 0.6) is 11.5 Å². The summed E-state index contributed by atoms with van der Waals surface area (Å²) in [6.07, 6.45) is 3.80. The van der Waals surface area contributed by atoms with Crippen molar-refractivity contribution in [2.45, 2.75) is 12.8 Å². The van der Waals surface area contributed by atoms with Gasteiger partial charge in [-0.15, -0.1) is 6.58 Å². The lowest BCUT2D eigenvalue weighted by Gasteiger charge is -2.09. The monoisotopic (exact) mass is 382 g/mol. The van der Waals surface area contributed by atoms with Gasteiger partial charge in [0.1, 0.15) is 24.7 Å². The van der Waals surface area contributed by atoms with Crippen LogP contribution in [0.15, 0.2) is 73.3 Å². The summed E-state index contributed by atoms with van der Waals surface area (Å²) < 4.78 is 16.2. The van der Waals surface area contributed by atoms with E-state index in [2.05, 4.69) is 13.2 Å². The Hall–Kier alpha value is -3.05. The summed E-state index contributed by atoms with van der Waals surface area (Å²) in [5.41, 5.74) is 2.18. The van der Waals surface area contributed by atoms with Gasteiger partial charge in [0, 0.05) is 0 Å². The van der Waals surface area contributed by atoms with Crippen molar-refractivity contribution < 1.29 is 24.1 Å². The van der Waals surface area contributed by atoms with E-state index in [-0.39, 0.29) is 18.8 Å². The van der Waals surface area contributed by atoms with E-state index in [1.54, 1.807) is 0 Å². The van der Waals surface area contributed by atoms with Gasteiger partial charge in [-0.25, -0.2) is 4.79 Å². The van der Waals surface area contributed by atoms with Crippen LogP contribution in [0.1, 0.15) is 12.8 Å². The topological polar surface area (TPSA) is 65.0 Å². The number of allylic oxidation sites excluding steroid dienone is 1. The van der Waals surface area contributed by atoms with Crippen LogP contribution in [0.4, 0.5) is 0 Å². The smallest absolute Gasteiger partial charge is 0.335 e. The third-order valence-electron chi connectivity index (χ3n) is 3.93. The lowest BCUT2D eigenvalue weighted by Crippen LogP contribution is -2.14. The maximum atomic E-state index is 11.3. The lowest BCUT2D eigenvalue weighted by molar-refractivity contribution is -0.140. The zero-order chi connectivity index (χ0) is 20.2. The molecule has 0 saturated heterocycles. The highest BCUT2D eigenvalue weighted by Crippen LogP contribution is 2.24. The molecular formula is C23H26O5. The zero-order valence-electron chi connectivity index (χ0n) is 15.9. The molecule has 2 aromatic carbocycles. The van der Waals surface area contributed by atoms with Crippen molar-refractivity contribution in [1.29, 1.82) is 0 Å². The van der Waals surface area contributed by atoms with Crippen LogP contribution in [0.3, 0.4) is 0 Å². The van der Waals surface area contributed by atoms with Crippen LogP contribution in [0, 0.1) is 0 Å². The van der Waals surface area contributed by atoms with Crippen LogP contribution in [-0.2, 0) is 9.53 Å². The Morgan fingerprint density at radius 2 is 1.43 bits per heavy atom. The molecule has 0 aliphatic rings. The number of esters is 1. The SMILES string of the molecule is C=CCCCOc1ccc(-c2ccc(OCCOC(=O)C(=C)CO)cc2)cc1. The Kier molecular flexibility index (Phi) is 8.82. The van der Waals surface area contributed by atoms with Crippen LogP contribution in [0.25, 0.3) is 11.1 Å². The van der Waals surface area contributed by atoms with E-state index >= 15 is 0 Å². The third kappa shape index (κ3) is 6.93. The number of aliphatic hydroxyl groups is 1. The second kappa shape index (κ2) is 11.6. The van der Waals surface area contributed by atoms with E-state index in [9.17, 15) is 4.79 Å². The number of carbonyl (C=O) groups is 1. The predicted molar refractivity (Wildman–Crippen MR) is 109 cm³/mol. The van der Waals surface area contributed by atoms with Crippen LogP contribution in [-0.4, -0.2) is 37.5 Å². The molecular weight excluding hydrogens is 356 g/mol. The molecule has 0 fully saturated rings. The fourth-order valence-corrected chi connectivity index (χ4v) is 2.37. The maximum Gasteiger partial charge on any atom is 0.335 e. The van der Waals surface area contributed by atoms with E-state index < -0.39 is 12.6 Å². The van der Waals surface area contributed by atoms with Crippen molar-refractivity contribution in [2.24, 2.45) is 0 Å². The van der Waals surface area contributed by atoms with E-state index in [1.807, 2.05) is 54.6 Å². The summed E-state index contributed by atoms with van der Waals surface area (Å²) in [4.78, 5) is 11.3. The molecule has 2 aromatic rings. The number of ether oxygens (including phenoxy) is 3. The van der Waals surface area contributed by atoms with E-state index in [1.165, 1.54) is 0 Å². The van der Waals surface area contributed by atoms with Gasteiger partial charge in [-0.2, -0.15) is 0 Å². The number of hydrogen-bond donors (Lipinski definition) is 1. The van der Waals surface area contributed by atoms with E-state index in [4.69, 9.17) is 19.3 Å². The molecule has 0 aliphatic carbocycles. The minimum absolute atomic E-state index is 0.0255. The van der Waals surface area contributed by atoms with Crippen molar-refractivity contribution in [3.8, 4) is 22.6 Å². The minimum Gasteiger partial charge on any atom is -0.494 e. The average Bonchev–Trinajstić information content (AvgIpc) is 2.74. The first-order chi connectivity index (χ1) is 13.6. The maximum absolute atomic E-state index is 11.3. The van der Waals surface area contributed by atoms with Gasteiger partial charge >= 0.3 is 5.97 Å². The van der Waals surface area contributed by atoms with Gasteiger partial charge < -0.3 is 19.3 Å². The number of hydrogen-bond acceptors (Lipinski definition) is 5. The Balaban J connectivity index is 1.79. The zero-order valence-corrected chi connectivity index (χ0v) is 15.9. The Labute approximate surface area is 165 Å². The molecule has 0 saturated carbocycles. The van der Waals surface area contributed by atoms with Crippen molar-refractivity contribution in [3.63, 3.8) is 0 Å². The summed E-state index contributed by atoms with van der Waals surface area (Å²) >= 11 is 0. The Morgan fingerprint density at radius 3 is 1.93 bits per heavy atom. The van der Waals surface area contributed by atoms with Gasteiger partial charge in [0.05, 0.1) is 18.8 Å². The van der Waals surface area contributed by atoms with Crippen molar-refractivity contribution in [1.82, 2.24) is 0 Å². The molecule has 0 amide bonds. The quantitative estimate of drug-likeness (QED) is 0.258. The summed E-state index contributed by atoms with van der Waals surface area (Å²) in [6, 6.07) is 15.6. The normalized spacial score (nSPS) is 10.2. The molecule has 0 aliphatic heterocycles. The molecule has 148 valence electrons. The van der Waals surface area contributed by atoms with E-state index in [0.29, 0.717) is 12.4 Å². The highest BCUT2D eigenvalue weighted by Gasteiger charge is 2.06. The first-order valence-electron chi connectivity index (χ1n) is 9.17. The number of benzene rings is 2. The van der Waals surface area contributed by atoms with Crippen LogP contribution in [0.2, 0.25) is 0 Å². The largest absolute Gasteiger partial charge is 0.494 e. The predicted octanol–water partition coefficient (Wildman–Crippen LogP) is 4.17. The summed E-state index contributed by atoms with van der Waals surface area (Å²) in [6.45, 7) is 7.68. The summed E-state index contributed by atoms with van der Waals surface area (Å²) in [5, 5.41) is 8.79. The fraction of sp³-hybridized carbons (Fsp3) is 0.261. The lowest BCUT2D eigenvalue weighted by atomic mass is 10.1. The number of carbonyl (C=O) groups excluding carboxylic acids is 1. The van der Waals surface area contributed by atoms with Gasteiger partial charge in [-0.3, -0.25) is 0 Å². The molecule has 0 unspecified atom stereocenters. The van der Waals surface area contributed by atoms with Gasteiger partial charge in [-0.05, 0) is 48.2 Å². The Morgan fingerprint density at radius 1 is 0.893 bits per heavy atom. The molecule has 0 atom stereocenters. The van der Waals surface area contributed by atoms with E-state index in [0.717, 1.165) is 29.7 Å². The van der Waals surface area contributed by atoms with Crippen LogP contribution >= 0.6 is 0 Å². The van der Waals surface area contributed by atoms with Crippen LogP contribution < -0.4 is 9.47 Å². The first-order valence-corrected chi connectivity index (χ1v) is 9.17. The van der Waals surface area contributed by atoms with Gasteiger partial charge in [0.15, 0.2) is 0 Å². The summed E-state index contributed by atoms with van der Waals surface area (Å²) in [5.74, 6) is 0.920. The molecule has 0 heterocycles. The number of unbranched alkanes of at least 4 members (excludes halogenated alkanes) is 1. The minimum atomic E-state index is -0.616. The highest BCUT2D eigenvalue weighted by atomic mass is 16.6. The Bertz CT molecular complexity index is 763. The number of rotatable bonds is 12. The first kappa shape index (κ1) is 21.3. The fourth-order valence-electron chi connectivity index (χ4n) is 2.37. The molecule has 28 heavy (non-hydrogen) atoms. The molecule has 5 heteroatoms. The molecule has 0 radical (unpaired) electrons. The molecule has 1 N–H and O–H groups in total. The molecule has 5 nitrogen and oxygen atoms in total. The van der Waals surface area contributed by atoms with Crippen molar-refractivity contribution in [2.75, 3.05) is 26.4 Å². The van der Waals surface area contributed by atoms with Crippen molar-refractivity contribution >= 4 is 5.97 Å². The van der Waals surface area contributed by atoms with Crippen molar-refractivity contribution in [3.05, 3.63) is 73.3 Å². The molecule has 0 bridgehead atoms. The number of aliphatic hydroxyl groups excluding tert-OH is 1. The van der Waals surface area contributed by atoms with Gasteiger partial charge in [0.25, 0.3) is 0 Å². The van der Waals surface area contributed by atoms with Gasteiger partial charge in [0.2, 0.25) is 0 Å². The average molecular weight is 382 g/mol. The molecule has 2 rings (SSSR count). The molecule has 0 spiro atoms. The summed E-state index contributed by atoms with van der Waals surface area (Å²) in [7, 11) is 0. The standard InChI is InChI=1S/C23H26O5/c1-3-4-5-14-26-21-10-6-19(7-11-21)20-8-12-22(13-9-20)27-15-16-28-23(25)18(2)17-24/h3,6-13,24H,1-2,4-5,14-17H2. The second-order valence-electron chi connectivity index (χ2n) is 6.07. The second-order valence-corrected chi connectivity index (χ2v) is 6.07. The molecule has 0 aromatic heterocycles. The highest BCUT2D eigenvalue weighted by molar-refractivity contribution is 5.87. The third-order valence-corrected chi connectivity index (χ3v) is 3.93.